The number of ether oxygens (including phenoxy) is 2. The van der Waals surface area contributed by atoms with Crippen LogP contribution in [0.4, 0.5) is 0 Å². The second kappa shape index (κ2) is 12.6. The Morgan fingerprint density at radius 3 is 2.76 bits per heavy atom. The highest BCUT2D eigenvalue weighted by molar-refractivity contribution is 14.0. The zero-order chi connectivity index (χ0) is 19.7. The lowest BCUT2D eigenvalue weighted by molar-refractivity contribution is 0.138. The zero-order valence-corrected chi connectivity index (χ0v) is 20.2. The molecule has 0 saturated heterocycles. The van der Waals surface area contributed by atoms with Gasteiger partial charge in [-0.05, 0) is 62.0 Å². The molecule has 2 saturated carbocycles. The number of halogens is 1. The third-order valence-corrected chi connectivity index (χ3v) is 5.86. The van der Waals surface area contributed by atoms with E-state index < -0.39 is 0 Å². The van der Waals surface area contributed by atoms with Crippen molar-refractivity contribution < 1.29 is 9.47 Å². The number of hydrogen-bond donors (Lipinski definition) is 2. The molecule has 0 aliphatic heterocycles. The molecule has 29 heavy (non-hydrogen) atoms. The lowest BCUT2D eigenvalue weighted by atomic mass is 9.83. The molecule has 1 aromatic heterocycles. The maximum atomic E-state index is 5.79. The van der Waals surface area contributed by atoms with Crippen molar-refractivity contribution in [2.24, 2.45) is 16.3 Å². The average Bonchev–Trinajstić information content (AvgIpc) is 3.44. The molecule has 7 heteroatoms. The van der Waals surface area contributed by atoms with E-state index in [1.807, 2.05) is 18.3 Å². The van der Waals surface area contributed by atoms with E-state index in [1.165, 1.54) is 38.5 Å². The normalized spacial score (nSPS) is 18.2. The molecular formula is C22H37IN4O2. The molecule has 6 nitrogen and oxygen atoms in total. The Labute approximate surface area is 192 Å². The molecule has 1 heterocycles. The van der Waals surface area contributed by atoms with Crippen LogP contribution in [0.15, 0.2) is 23.3 Å². The highest BCUT2D eigenvalue weighted by atomic mass is 127. The van der Waals surface area contributed by atoms with Crippen molar-refractivity contribution in [1.82, 2.24) is 15.6 Å². The predicted molar refractivity (Wildman–Crippen MR) is 128 cm³/mol. The second-order valence-electron chi connectivity index (χ2n) is 8.26. The van der Waals surface area contributed by atoms with Gasteiger partial charge < -0.3 is 20.1 Å². The molecule has 0 radical (unpaired) electrons. The van der Waals surface area contributed by atoms with Crippen LogP contribution in [0.1, 0.15) is 57.4 Å². The fourth-order valence-electron chi connectivity index (χ4n) is 3.86. The van der Waals surface area contributed by atoms with Crippen LogP contribution in [-0.2, 0) is 11.3 Å². The molecular weight excluding hydrogens is 479 g/mol. The van der Waals surface area contributed by atoms with Gasteiger partial charge in [-0.1, -0.05) is 12.8 Å². The zero-order valence-electron chi connectivity index (χ0n) is 17.9. The number of nitrogens with one attached hydrogen (secondary N) is 2. The maximum absolute atomic E-state index is 5.79. The predicted octanol–water partition coefficient (Wildman–Crippen LogP) is 4.14. The van der Waals surface area contributed by atoms with E-state index in [4.69, 9.17) is 14.5 Å². The van der Waals surface area contributed by atoms with E-state index in [2.05, 4.69) is 22.5 Å². The molecule has 0 spiro atoms. The van der Waals surface area contributed by atoms with Gasteiger partial charge in [-0.15, -0.1) is 24.0 Å². The van der Waals surface area contributed by atoms with E-state index in [9.17, 15) is 0 Å². The minimum atomic E-state index is 0. The minimum absolute atomic E-state index is 0. The van der Waals surface area contributed by atoms with Gasteiger partial charge in [-0.25, -0.2) is 9.98 Å². The molecule has 2 N–H and O–H groups in total. The lowest BCUT2D eigenvalue weighted by Crippen LogP contribution is -2.43. The van der Waals surface area contributed by atoms with Gasteiger partial charge in [0.25, 0.3) is 0 Å². The number of nitrogens with zero attached hydrogens (tertiary/aromatic N) is 2. The van der Waals surface area contributed by atoms with Crippen molar-refractivity contribution in [2.75, 3.05) is 33.4 Å². The number of guanidine groups is 1. The summed E-state index contributed by atoms with van der Waals surface area (Å²) in [5.74, 6) is 2.32. The summed E-state index contributed by atoms with van der Waals surface area (Å²) in [5, 5.41) is 6.96. The molecule has 2 fully saturated rings. The van der Waals surface area contributed by atoms with Crippen molar-refractivity contribution in [3.8, 4) is 5.88 Å². The van der Waals surface area contributed by atoms with Crippen LogP contribution in [0.5, 0.6) is 5.88 Å². The first kappa shape index (κ1) is 24.2. The summed E-state index contributed by atoms with van der Waals surface area (Å²) >= 11 is 0. The molecule has 0 amide bonds. The molecule has 0 unspecified atom stereocenters. The molecule has 1 aromatic rings. The first-order valence-electron chi connectivity index (χ1n) is 10.8. The Morgan fingerprint density at radius 2 is 2.07 bits per heavy atom. The lowest BCUT2D eigenvalue weighted by Gasteiger charge is -2.30. The fourth-order valence-corrected chi connectivity index (χ4v) is 3.86. The van der Waals surface area contributed by atoms with Crippen LogP contribution in [0.2, 0.25) is 0 Å². The minimum Gasteiger partial charge on any atom is -0.477 e. The SMILES string of the molecule is CCNC(=NCc1ccnc(OCC2CC2)c1)NCC1(CCOC)CCCC1.I. The van der Waals surface area contributed by atoms with Crippen molar-refractivity contribution >= 4 is 29.9 Å². The number of rotatable bonds is 11. The largest absolute Gasteiger partial charge is 0.477 e. The Kier molecular flexibility index (Phi) is 10.5. The molecule has 0 bridgehead atoms. The molecule has 164 valence electrons. The molecule has 3 rings (SSSR count). The summed E-state index contributed by atoms with van der Waals surface area (Å²) in [6.07, 6.45) is 10.7. The van der Waals surface area contributed by atoms with Crippen molar-refractivity contribution in [3.05, 3.63) is 23.9 Å². The number of aromatic nitrogens is 1. The highest BCUT2D eigenvalue weighted by Gasteiger charge is 2.33. The summed E-state index contributed by atoms with van der Waals surface area (Å²) in [5.41, 5.74) is 1.46. The number of methoxy groups -OCH3 is 1. The van der Waals surface area contributed by atoms with Gasteiger partial charge in [-0.3, -0.25) is 0 Å². The first-order valence-corrected chi connectivity index (χ1v) is 10.8. The van der Waals surface area contributed by atoms with Gasteiger partial charge >= 0.3 is 0 Å². The third-order valence-electron chi connectivity index (χ3n) is 5.86. The monoisotopic (exact) mass is 516 g/mol. The van der Waals surface area contributed by atoms with Gasteiger partial charge in [0.05, 0.1) is 13.2 Å². The van der Waals surface area contributed by atoms with E-state index in [0.717, 1.165) is 50.2 Å². The van der Waals surface area contributed by atoms with Gasteiger partial charge in [0.2, 0.25) is 5.88 Å². The average molecular weight is 516 g/mol. The smallest absolute Gasteiger partial charge is 0.213 e. The molecule has 2 aliphatic carbocycles. The van der Waals surface area contributed by atoms with Crippen molar-refractivity contribution in [1.29, 1.82) is 0 Å². The van der Waals surface area contributed by atoms with Crippen LogP contribution in [-0.4, -0.2) is 44.4 Å². The Morgan fingerprint density at radius 1 is 1.28 bits per heavy atom. The van der Waals surface area contributed by atoms with Gasteiger partial charge in [0.15, 0.2) is 5.96 Å². The standard InChI is InChI=1S/C22H36N4O2.HI/c1-3-23-21(26-17-22(11-13-27-2)9-4-5-10-22)25-15-19-8-12-24-20(14-19)28-16-18-6-7-18;/h8,12,14,18H,3-7,9-11,13,15-17H2,1-2H3,(H2,23,25,26);1H. The maximum Gasteiger partial charge on any atom is 0.213 e. The van der Waals surface area contributed by atoms with Gasteiger partial charge in [-0.2, -0.15) is 0 Å². The third kappa shape index (κ3) is 8.28. The molecule has 2 aliphatic rings. The van der Waals surface area contributed by atoms with Crippen LogP contribution in [0.25, 0.3) is 0 Å². The number of aliphatic imine (C=N–C) groups is 1. The van der Waals surface area contributed by atoms with Crippen molar-refractivity contribution in [2.45, 2.75) is 58.4 Å². The van der Waals surface area contributed by atoms with E-state index in [0.29, 0.717) is 17.8 Å². The summed E-state index contributed by atoms with van der Waals surface area (Å²) < 4.78 is 11.1. The number of hydrogen-bond acceptors (Lipinski definition) is 4. The van der Waals surface area contributed by atoms with Crippen LogP contribution in [0, 0.1) is 11.3 Å². The van der Waals surface area contributed by atoms with E-state index >= 15 is 0 Å². The Hall–Kier alpha value is -1.09. The fraction of sp³-hybridized carbons (Fsp3) is 0.727. The van der Waals surface area contributed by atoms with Crippen LogP contribution in [0.3, 0.4) is 0 Å². The van der Waals surface area contributed by atoms with Crippen LogP contribution < -0.4 is 15.4 Å². The summed E-state index contributed by atoms with van der Waals surface area (Å²) in [7, 11) is 1.79. The van der Waals surface area contributed by atoms with Crippen molar-refractivity contribution in [3.63, 3.8) is 0 Å². The van der Waals surface area contributed by atoms with Crippen LogP contribution >= 0.6 is 24.0 Å². The quantitative estimate of drug-likeness (QED) is 0.263. The topological polar surface area (TPSA) is 67.8 Å². The second-order valence-corrected chi connectivity index (χ2v) is 8.26. The summed E-state index contributed by atoms with van der Waals surface area (Å²) in [4.78, 5) is 9.10. The Balaban J connectivity index is 0.00000300. The molecule has 0 aromatic carbocycles. The first-order chi connectivity index (χ1) is 13.7. The molecule has 0 atom stereocenters. The Bertz CT molecular complexity index is 631. The van der Waals surface area contributed by atoms with E-state index in [-0.39, 0.29) is 24.0 Å². The highest BCUT2D eigenvalue weighted by Crippen LogP contribution is 2.40. The van der Waals surface area contributed by atoms with E-state index in [1.54, 1.807) is 7.11 Å². The number of pyridine rings is 1. The summed E-state index contributed by atoms with van der Waals surface area (Å²) in [6.45, 7) is 6.13. The van der Waals surface area contributed by atoms with Gasteiger partial charge in [0, 0.05) is 39.1 Å². The van der Waals surface area contributed by atoms with Gasteiger partial charge in [0.1, 0.15) is 0 Å². The summed E-state index contributed by atoms with van der Waals surface area (Å²) in [6, 6.07) is 4.01.